The summed E-state index contributed by atoms with van der Waals surface area (Å²) in [6.45, 7) is 4.98. The zero-order valence-corrected chi connectivity index (χ0v) is 14.2. The number of methoxy groups -OCH3 is 1. The summed E-state index contributed by atoms with van der Waals surface area (Å²) in [5, 5.41) is 16.1. The number of carbonyl (C=O) groups is 2. The number of benzene rings is 1. The SMILES string of the molecule is COCC(C)(NC(=O)c1cnn(-c2ccccc2C)c1C)C(=O)O. The number of aryl methyl sites for hydroxylation is 1. The van der Waals surface area contributed by atoms with Gasteiger partial charge in [-0.3, -0.25) is 4.79 Å². The molecule has 0 aliphatic carbocycles. The van der Waals surface area contributed by atoms with Crippen LogP contribution >= 0.6 is 0 Å². The second-order valence-corrected chi connectivity index (χ2v) is 5.87. The summed E-state index contributed by atoms with van der Waals surface area (Å²) < 4.78 is 6.57. The summed E-state index contributed by atoms with van der Waals surface area (Å²) >= 11 is 0. The predicted octanol–water partition coefficient (Wildman–Crippen LogP) is 1.71. The molecule has 1 heterocycles. The van der Waals surface area contributed by atoms with Crippen LogP contribution in [-0.4, -0.2) is 46.0 Å². The molecule has 1 aromatic carbocycles. The Bertz CT molecular complexity index is 769. The fraction of sp³-hybridized carbons (Fsp3) is 0.353. The van der Waals surface area contributed by atoms with Crippen LogP contribution in [0.5, 0.6) is 0 Å². The maximum atomic E-state index is 12.5. The Labute approximate surface area is 140 Å². The van der Waals surface area contributed by atoms with Gasteiger partial charge < -0.3 is 15.2 Å². The maximum Gasteiger partial charge on any atom is 0.331 e. The van der Waals surface area contributed by atoms with Crippen LogP contribution < -0.4 is 5.32 Å². The molecule has 2 N–H and O–H groups in total. The minimum absolute atomic E-state index is 0.140. The molecule has 0 aliphatic heterocycles. The molecule has 1 atom stereocenters. The van der Waals surface area contributed by atoms with E-state index in [9.17, 15) is 14.7 Å². The Morgan fingerprint density at radius 1 is 1.33 bits per heavy atom. The molecule has 128 valence electrons. The van der Waals surface area contributed by atoms with Crippen molar-refractivity contribution in [2.45, 2.75) is 26.3 Å². The van der Waals surface area contributed by atoms with Crippen LogP contribution in [-0.2, 0) is 9.53 Å². The molecule has 1 unspecified atom stereocenters. The van der Waals surface area contributed by atoms with E-state index < -0.39 is 17.4 Å². The summed E-state index contributed by atoms with van der Waals surface area (Å²) in [4.78, 5) is 23.9. The average molecular weight is 331 g/mol. The van der Waals surface area contributed by atoms with Crippen molar-refractivity contribution in [3.63, 3.8) is 0 Å². The molecule has 0 spiro atoms. The van der Waals surface area contributed by atoms with Gasteiger partial charge in [-0.1, -0.05) is 18.2 Å². The van der Waals surface area contributed by atoms with Gasteiger partial charge >= 0.3 is 5.97 Å². The van der Waals surface area contributed by atoms with E-state index >= 15 is 0 Å². The number of nitrogens with one attached hydrogen (secondary N) is 1. The highest BCUT2D eigenvalue weighted by atomic mass is 16.5. The third kappa shape index (κ3) is 3.30. The lowest BCUT2D eigenvalue weighted by atomic mass is 10.0. The summed E-state index contributed by atoms with van der Waals surface area (Å²) in [6, 6.07) is 7.68. The molecular weight excluding hydrogens is 310 g/mol. The molecule has 0 saturated carbocycles. The van der Waals surface area contributed by atoms with Gasteiger partial charge in [-0.2, -0.15) is 5.10 Å². The Balaban J connectivity index is 2.32. The number of amides is 1. The highest BCUT2D eigenvalue weighted by Gasteiger charge is 2.36. The first-order valence-electron chi connectivity index (χ1n) is 7.45. The predicted molar refractivity (Wildman–Crippen MR) is 88.4 cm³/mol. The molecule has 7 nitrogen and oxygen atoms in total. The Kier molecular flexibility index (Phi) is 5.04. The normalized spacial score (nSPS) is 13.3. The lowest BCUT2D eigenvalue weighted by Gasteiger charge is -2.25. The fourth-order valence-corrected chi connectivity index (χ4v) is 2.43. The van der Waals surface area contributed by atoms with Crippen molar-refractivity contribution in [1.82, 2.24) is 15.1 Å². The molecular formula is C17H21N3O4. The van der Waals surface area contributed by atoms with Crippen LogP contribution in [0.2, 0.25) is 0 Å². The van der Waals surface area contributed by atoms with Crippen molar-refractivity contribution in [1.29, 1.82) is 0 Å². The van der Waals surface area contributed by atoms with E-state index in [2.05, 4.69) is 10.4 Å². The molecule has 7 heteroatoms. The number of carboxylic acid groups (broad SMARTS) is 1. The third-order valence-electron chi connectivity index (χ3n) is 3.89. The summed E-state index contributed by atoms with van der Waals surface area (Å²) in [5.41, 5.74) is 1.33. The summed E-state index contributed by atoms with van der Waals surface area (Å²) in [6.07, 6.45) is 1.44. The van der Waals surface area contributed by atoms with Crippen LogP contribution in [0.1, 0.15) is 28.5 Å². The number of aliphatic carboxylic acids is 1. The highest BCUT2D eigenvalue weighted by Crippen LogP contribution is 2.18. The van der Waals surface area contributed by atoms with Crippen molar-refractivity contribution < 1.29 is 19.4 Å². The quantitative estimate of drug-likeness (QED) is 0.840. The van der Waals surface area contributed by atoms with E-state index in [0.717, 1.165) is 11.3 Å². The number of carboxylic acids is 1. The molecule has 1 amide bonds. The van der Waals surface area contributed by atoms with Crippen LogP contribution in [0.25, 0.3) is 5.69 Å². The average Bonchev–Trinajstić information content (AvgIpc) is 2.89. The van der Waals surface area contributed by atoms with Gasteiger partial charge in [-0.05, 0) is 32.4 Å². The van der Waals surface area contributed by atoms with E-state index in [-0.39, 0.29) is 6.61 Å². The van der Waals surface area contributed by atoms with Crippen molar-refractivity contribution in [2.24, 2.45) is 0 Å². The molecule has 2 rings (SSSR count). The van der Waals surface area contributed by atoms with Crippen molar-refractivity contribution >= 4 is 11.9 Å². The lowest BCUT2D eigenvalue weighted by Crippen LogP contribution is -2.55. The minimum Gasteiger partial charge on any atom is -0.479 e. The smallest absolute Gasteiger partial charge is 0.331 e. The second kappa shape index (κ2) is 6.84. The van der Waals surface area contributed by atoms with Crippen LogP contribution in [0.4, 0.5) is 0 Å². The number of hydrogen-bond donors (Lipinski definition) is 2. The number of nitrogens with zero attached hydrogens (tertiary/aromatic N) is 2. The van der Waals surface area contributed by atoms with Gasteiger partial charge in [-0.15, -0.1) is 0 Å². The Hall–Kier alpha value is -2.67. The Morgan fingerprint density at radius 3 is 2.58 bits per heavy atom. The van der Waals surface area contributed by atoms with Gasteiger partial charge in [0.05, 0.1) is 29.7 Å². The second-order valence-electron chi connectivity index (χ2n) is 5.87. The molecule has 0 aliphatic rings. The van der Waals surface area contributed by atoms with Gasteiger partial charge in [0.2, 0.25) is 0 Å². The first-order valence-corrected chi connectivity index (χ1v) is 7.45. The number of carbonyl (C=O) groups excluding carboxylic acids is 1. The Morgan fingerprint density at radius 2 is 2.00 bits per heavy atom. The van der Waals surface area contributed by atoms with Gasteiger partial charge in [-0.25, -0.2) is 9.48 Å². The maximum absolute atomic E-state index is 12.5. The third-order valence-corrected chi connectivity index (χ3v) is 3.89. The monoisotopic (exact) mass is 331 g/mol. The minimum atomic E-state index is -1.51. The van der Waals surface area contributed by atoms with Crippen molar-refractivity contribution in [3.05, 3.63) is 47.3 Å². The van der Waals surface area contributed by atoms with Gasteiger partial charge in [0, 0.05) is 7.11 Å². The van der Waals surface area contributed by atoms with Crippen LogP contribution in [0.3, 0.4) is 0 Å². The van der Waals surface area contributed by atoms with E-state index in [1.807, 2.05) is 31.2 Å². The zero-order valence-electron chi connectivity index (χ0n) is 14.2. The van der Waals surface area contributed by atoms with Gasteiger partial charge in [0.15, 0.2) is 5.54 Å². The van der Waals surface area contributed by atoms with Crippen LogP contribution in [0, 0.1) is 13.8 Å². The summed E-state index contributed by atoms with van der Waals surface area (Å²) in [5.74, 6) is -1.67. The molecule has 0 radical (unpaired) electrons. The largest absolute Gasteiger partial charge is 0.479 e. The standard InChI is InChI=1S/C17H21N3O4/c1-11-7-5-6-8-14(11)20-12(2)13(9-18-20)15(21)19-17(3,10-24-4)16(22)23/h5-9H,10H2,1-4H3,(H,19,21)(H,22,23). The molecule has 0 saturated heterocycles. The van der Waals surface area contributed by atoms with Crippen molar-refractivity contribution in [2.75, 3.05) is 13.7 Å². The topological polar surface area (TPSA) is 93.5 Å². The fourth-order valence-electron chi connectivity index (χ4n) is 2.43. The van der Waals surface area contributed by atoms with E-state index in [1.165, 1.54) is 20.2 Å². The van der Waals surface area contributed by atoms with E-state index in [1.54, 1.807) is 11.6 Å². The number of aromatic nitrogens is 2. The molecule has 0 bridgehead atoms. The van der Waals surface area contributed by atoms with Gasteiger partial charge in [0.1, 0.15) is 0 Å². The van der Waals surface area contributed by atoms with Gasteiger partial charge in [0.25, 0.3) is 5.91 Å². The molecule has 2 aromatic rings. The van der Waals surface area contributed by atoms with Crippen LogP contribution in [0.15, 0.2) is 30.5 Å². The number of rotatable bonds is 6. The summed E-state index contributed by atoms with van der Waals surface area (Å²) in [7, 11) is 1.38. The van der Waals surface area contributed by atoms with E-state index in [0.29, 0.717) is 11.3 Å². The number of ether oxygens (including phenoxy) is 1. The first kappa shape index (κ1) is 17.7. The molecule has 1 aromatic heterocycles. The number of hydrogen-bond acceptors (Lipinski definition) is 4. The highest BCUT2D eigenvalue weighted by molar-refractivity contribution is 5.98. The first-order chi connectivity index (χ1) is 11.3. The number of para-hydroxylation sites is 1. The molecule has 24 heavy (non-hydrogen) atoms. The molecule has 0 fully saturated rings. The lowest BCUT2D eigenvalue weighted by molar-refractivity contribution is -0.145. The van der Waals surface area contributed by atoms with E-state index in [4.69, 9.17) is 4.74 Å². The van der Waals surface area contributed by atoms with Crippen molar-refractivity contribution in [3.8, 4) is 5.69 Å². The zero-order chi connectivity index (χ0) is 17.9.